The number of hydrogen-bond acceptors (Lipinski definition) is 4. The summed E-state index contributed by atoms with van der Waals surface area (Å²) in [6.45, 7) is 8.79. The number of fused-ring (bicyclic) bond motifs is 3. The molecular formula is C21H25N5O. The molecule has 1 aliphatic carbocycles. The van der Waals surface area contributed by atoms with Crippen molar-refractivity contribution in [1.29, 1.82) is 0 Å². The van der Waals surface area contributed by atoms with E-state index in [0.29, 0.717) is 11.8 Å². The number of carbonyl (C=O) groups excluding carboxylic acids is 1. The zero-order valence-electron chi connectivity index (χ0n) is 15.6. The van der Waals surface area contributed by atoms with E-state index in [1.54, 1.807) is 10.9 Å². The van der Waals surface area contributed by atoms with Gasteiger partial charge in [0.25, 0.3) is 5.91 Å². The Morgan fingerprint density at radius 1 is 1.33 bits per heavy atom. The number of amides is 1. The lowest BCUT2D eigenvalue weighted by Crippen LogP contribution is -2.61. The minimum atomic E-state index is -0.314. The summed E-state index contributed by atoms with van der Waals surface area (Å²) >= 11 is 0. The number of benzene rings is 1. The van der Waals surface area contributed by atoms with Gasteiger partial charge in [-0.25, -0.2) is 4.68 Å². The predicted molar refractivity (Wildman–Crippen MR) is 105 cm³/mol. The van der Waals surface area contributed by atoms with Crippen LogP contribution in [0.1, 0.15) is 34.5 Å². The standard InChI is InChI=1S/C21H25N5O/c1-3-26-12-16(14(2)24-26)11-25-10-15-8-9-21(18(15)13-25)22-19-7-5-4-6-17(19)20(27)23-21/h3-7,12,15,18,22H,1,8-11,13H2,2H3,(H,23,27)/t15-,18+,21+/m1/s1. The van der Waals surface area contributed by atoms with Crippen molar-refractivity contribution < 1.29 is 4.79 Å². The van der Waals surface area contributed by atoms with Crippen molar-refractivity contribution in [2.45, 2.75) is 32.0 Å². The zero-order valence-corrected chi connectivity index (χ0v) is 15.6. The van der Waals surface area contributed by atoms with Crippen molar-refractivity contribution in [2.24, 2.45) is 11.8 Å². The molecule has 140 valence electrons. The maximum absolute atomic E-state index is 12.7. The van der Waals surface area contributed by atoms with E-state index < -0.39 is 0 Å². The summed E-state index contributed by atoms with van der Waals surface area (Å²) in [5, 5.41) is 11.5. The van der Waals surface area contributed by atoms with Crippen molar-refractivity contribution in [3.8, 4) is 0 Å². The van der Waals surface area contributed by atoms with E-state index in [4.69, 9.17) is 0 Å². The second kappa shape index (κ2) is 5.96. The van der Waals surface area contributed by atoms with Gasteiger partial charge in [0.1, 0.15) is 5.66 Å². The molecular weight excluding hydrogens is 338 g/mol. The summed E-state index contributed by atoms with van der Waals surface area (Å²) in [6, 6.07) is 7.81. The molecule has 1 aromatic carbocycles. The van der Waals surface area contributed by atoms with Crippen LogP contribution >= 0.6 is 0 Å². The van der Waals surface area contributed by atoms with Crippen LogP contribution in [-0.4, -0.2) is 39.3 Å². The minimum absolute atomic E-state index is 0.0477. The van der Waals surface area contributed by atoms with Gasteiger partial charge in [-0.05, 0) is 37.8 Å². The van der Waals surface area contributed by atoms with Gasteiger partial charge < -0.3 is 10.6 Å². The first kappa shape index (κ1) is 16.6. The van der Waals surface area contributed by atoms with Crippen molar-refractivity contribution in [1.82, 2.24) is 20.0 Å². The first-order chi connectivity index (χ1) is 13.1. The lowest BCUT2D eigenvalue weighted by atomic mass is 9.89. The Bertz CT molecular complexity index is 919. The molecule has 1 aromatic heterocycles. The average Bonchev–Trinajstić information content (AvgIpc) is 3.32. The third kappa shape index (κ3) is 2.58. The highest BCUT2D eigenvalue weighted by Gasteiger charge is 2.54. The number of nitrogens with one attached hydrogen (secondary N) is 2. The van der Waals surface area contributed by atoms with E-state index in [1.807, 2.05) is 31.2 Å². The number of carbonyl (C=O) groups is 1. The van der Waals surface area contributed by atoms with Crippen LogP contribution in [0.4, 0.5) is 5.69 Å². The molecule has 3 heterocycles. The molecule has 1 spiro atoms. The number of likely N-dealkylation sites (tertiary alicyclic amines) is 1. The molecule has 5 rings (SSSR count). The Balaban J connectivity index is 1.36. The van der Waals surface area contributed by atoms with Gasteiger partial charge in [0.15, 0.2) is 0 Å². The summed E-state index contributed by atoms with van der Waals surface area (Å²) in [5.74, 6) is 1.08. The third-order valence-corrected chi connectivity index (χ3v) is 6.52. The lowest BCUT2D eigenvalue weighted by Gasteiger charge is -2.42. The molecule has 3 aliphatic rings. The highest BCUT2D eigenvalue weighted by Crippen LogP contribution is 2.47. The van der Waals surface area contributed by atoms with Gasteiger partial charge in [0, 0.05) is 49.2 Å². The van der Waals surface area contributed by atoms with Crippen LogP contribution in [0.15, 0.2) is 37.0 Å². The highest BCUT2D eigenvalue weighted by molar-refractivity contribution is 6.02. The molecule has 2 N–H and O–H groups in total. The van der Waals surface area contributed by atoms with E-state index in [1.165, 1.54) is 5.56 Å². The maximum atomic E-state index is 12.7. The normalized spacial score (nSPS) is 29.3. The zero-order chi connectivity index (χ0) is 18.6. The summed E-state index contributed by atoms with van der Waals surface area (Å²) in [5.41, 5.74) is 3.69. The second-order valence-corrected chi connectivity index (χ2v) is 8.10. The molecule has 1 amide bonds. The van der Waals surface area contributed by atoms with Crippen LogP contribution in [0.2, 0.25) is 0 Å². The Labute approximate surface area is 159 Å². The molecule has 27 heavy (non-hydrogen) atoms. The first-order valence-electron chi connectivity index (χ1n) is 9.67. The van der Waals surface area contributed by atoms with Gasteiger partial charge >= 0.3 is 0 Å². The monoisotopic (exact) mass is 363 g/mol. The van der Waals surface area contributed by atoms with E-state index in [-0.39, 0.29) is 11.6 Å². The summed E-state index contributed by atoms with van der Waals surface area (Å²) in [6.07, 6.45) is 5.91. The topological polar surface area (TPSA) is 62.2 Å². The number of aromatic nitrogens is 2. The van der Waals surface area contributed by atoms with Crippen molar-refractivity contribution in [3.05, 3.63) is 53.9 Å². The average molecular weight is 363 g/mol. The Morgan fingerprint density at radius 3 is 3.00 bits per heavy atom. The van der Waals surface area contributed by atoms with Gasteiger partial charge in [-0.1, -0.05) is 18.7 Å². The van der Waals surface area contributed by atoms with Crippen molar-refractivity contribution in [3.63, 3.8) is 0 Å². The van der Waals surface area contributed by atoms with Gasteiger partial charge in [0.2, 0.25) is 0 Å². The van der Waals surface area contributed by atoms with E-state index >= 15 is 0 Å². The van der Waals surface area contributed by atoms with E-state index in [9.17, 15) is 4.79 Å². The molecule has 3 atom stereocenters. The fraction of sp³-hybridized carbons (Fsp3) is 0.429. The molecule has 0 radical (unpaired) electrons. The summed E-state index contributed by atoms with van der Waals surface area (Å²) in [4.78, 5) is 15.2. The quantitative estimate of drug-likeness (QED) is 0.880. The van der Waals surface area contributed by atoms with Crippen LogP contribution in [0.3, 0.4) is 0 Å². The second-order valence-electron chi connectivity index (χ2n) is 8.10. The highest BCUT2D eigenvalue weighted by atomic mass is 16.2. The fourth-order valence-corrected chi connectivity index (χ4v) is 5.19. The number of aryl methyl sites for hydroxylation is 1. The number of rotatable bonds is 3. The predicted octanol–water partition coefficient (Wildman–Crippen LogP) is 2.69. The Morgan fingerprint density at radius 2 is 2.19 bits per heavy atom. The molecule has 6 nitrogen and oxygen atoms in total. The molecule has 0 unspecified atom stereocenters. The van der Waals surface area contributed by atoms with Crippen molar-refractivity contribution >= 4 is 17.8 Å². The molecule has 1 saturated heterocycles. The van der Waals surface area contributed by atoms with Crippen LogP contribution in [0.25, 0.3) is 6.20 Å². The summed E-state index contributed by atoms with van der Waals surface area (Å²) in [7, 11) is 0. The number of anilines is 1. The molecule has 0 bridgehead atoms. The maximum Gasteiger partial charge on any atom is 0.255 e. The fourth-order valence-electron chi connectivity index (χ4n) is 5.19. The number of para-hydroxylation sites is 1. The third-order valence-electron chi connectivity index (χ3n) is 6.52. The lowest BCUT2D eigenvalue weighted by molar-refractivity contribution is 0.0871. The van der Waals surface area contributed by atoms with Crippen LogP contribution < -0.4 is 10.6 Å². The molecule has 6 heteroatoms. The molecule has 2 aromatic rings. The van der Waals surface area contributed by atoms with E-state index in [0.717, 1.165) is 49.4 Å². The SMILES string of the molecule is C=Cn1cc(CN2C[C@H]3CC[C@]4(NC(=O)c5ccccc5N4)[C@H]3C2)c(C)n1. The van der Waals surface area contributed by atoms with Gasteiger partial charge in [0.05, 0.1) is 11.3 Å². The largest absolute Gasteiger partial charge is 0.362 e. The number of hydrogen-bond donors (Lipinski definition) is 2. The smallest absolute Gasteiger partial charge is 0.255 e. The number of nitrogens with zero attached hydrogens (tertiary/aromatic N) is 3. The van der Waals surface area contributed by atoms with Crippen LogP contribution in [-0.2, 0) is 6.54 Å². The van der Waals surface area contributed by atoms with Crippen molar-refractivity contribution in [2.75, 3.05) is 18.4 Å². The molecule has 2 fully saturated rings. The molecule has 1 saturated carbocycles. The van der Waals surface area contributed by atoms with Gasteiger partial charge in [-0.2, -0.15) is 5.10 Å². The van der Waals surface area contributed by atoms with Crippen LogP contribution in [0.5, 0.6) is 0 Å². The summed E-state index contributed by atoms with van der Waals surface area (Å²) < 4.78 is 1.78. The van der Waals surface area contributed by atoms with E-state index in [2.05, 4.69) is 33.4 Å². The van der Waals surface area contributed by atoms with Gasteiger partial charge in [-0.3, -0.25) is 9.69 Å². The van der Waals surface area contributed by atoms with Gasteiger partial charge in [-0.15, -0.1) is 0 Å². The molecule has 2 aliphatic heterocycles. The Kier molecular flexibility index (Phi) is 3.65. The van der Waals surface area contributed by atoms with Crippen LogP contribution in [0, 0.1) is 18.8 Å². The minimum Gasteiger partial charge on any atom is -0.362 e. The Hall–Kier alpha value is -2.60. The first-order valence-corrected chi connectivity index (χ1v) is 9.67.